The van der Waals surface area contributed by atoms with Crippen molar-refractivity contribution in [2.24, 2.45) is 5.92 Å². The van der Waals surface area contributed by atoms with Crippen molar-refractivity contribution in [3.05, 3.63) is 30.3 Å². The molecule has 21 heavy (non-hydrogen) atoms. The molecule has 0 bridgehead atoms. The van der Waals surface area contributed by atoms with Gasteiger partial charge in [0.2, 0.25) is 0 Å². The van der Waals surface area contributed by atoms with Crippen molar-refractivity contribution in [3.63, 3.8) is 0 Å². The number of hydrogen-bond acceptors (Lipinski definition) is 3. The van der Waals surface area contributed by atoms with Gasteiger partial charge < -0.3 is 15.0 Å². The fourth-order valence-electron chi connectivity index (χ4n) is 2.78. The van der Waals surface area contributed by atoms with E-state index in [1.54, 1.807) is 0 Å². The Kier molecular flexibility index (Phi) is 5.33. The Labute approximate surface area is 125 Å². The molecule has 0 saturated carbocycles. The Balaban J connectivity index is 1.85. The number of likely N-dealkylation sites (tertiary alicyclic amines) is 1. The van der Waals surface area contributed by atoms with Crippen LogP contribution in [0.5, 0.6) is 0 Å². The number of benzene rings is 1. The quantitative estimate of drug-likeness (QED) is 0.793. The van der Waals surface area contributed by atoms with Crippen molar-refractivity contribution >= 4 is 17.6 Å². The monoisotopic (exact) mass is 291 g/mol. The third kappa shape index (κ3) is 4.04. The molecule has 5 heteroatoms. The van der Waals surface area contributed by atoms with Crippen molar-refractivity contribution in [2.45, 2.75) is 25.8 Å². The molecule has 0 spiro atoms. The van der Waals surface area contributed by atoms with Gasteiger partial charge >= 0.3 is 5.97 Å². The van der Waals surface area contributed by atoms with E-state index in [0.717, 1.165) is 31.6 Å². The zero-order chi connectivity index (χ0) is 15.2. The minimum atomic E-state index is -0.129. The molecule has 0 aromatic heterocycles. The third-order valence-corrected chi connectivity index (χ3v) is 4.21. The molecule has 1 amide bonds. The van der Waals surface area contributed by atoms with Crippen LogP contribution in [-0.2, 0) is 14.3 Å². The lowest BCUT2D eigenvalue weighted by atomic mass is 9.96. The van der Waals surface area contributed by atoms with Gasteiger partial charge in [0.25, 0.3) is 5.91 Å². The Morgan fingerprint density at radius 3 is 2.43 bits per heavy atom. The molecule has 5 nitrogen and oxygen atoms in total. The number of esters is 1. The third-order valence-electron chi connectivity index (χ3n) is 4.21. The number of quaternary nitrogens is 1. The lowest BCUT2D eigenvalue weighted by Gasteiger charge is -2.31. The van der Waals surface area contributed by atoms with E-state index in [4.69, 9.17) is 4.74 Å². The predicted molar refractivity (Wildman–Crippen MR) is 80.0 cm³/mol. The van der Waals surface area contributed by atoms with Crippen LogP contribution >= 0.6 is 0 Å². The van der Waals surface area contributed by atoms with Crippen molar-refractivity contribution in [3.8, 4) is 0 Å². The van der Waals surface area contributed by atoms with Crippen molar-refractivity contribution in [1.29, 1.82) is 0 Å². The number of hydrogen-bond donors (Lipinski definition) is 2. The number of amides is 1. The predicted octanol–water partition coefficient (Wildman–Crippen LogP) is 0.482. The van der Waals surface area contributed by atoms with E-state index in [1.807, 2.05) is 37.3 Å². The summed E-state index contributed by atoms with van der Waals surface area (Å²) in [5, 5.41) is 2.93. The van der Waals surface area contributed by atoms with Crippen LogP contribution in [-0.4, -0.2) is 38.1 Å². The van der Waals surface area contributed by atoms with Gasteiger partial charge in [-0.3, -0.25) is 9.59 Å². The highest BCUT2D eigenvalue weighted by atomic mass is 16.5. The number of anilines is 1. The lowest BCUT2D eigenvalue weighted by Crippen LogP contribution is -3.17. The van der Waals surface area contributed by atoms with Crippen LogP contribution in [0.3, 0.4) is 0 Å². The zero-order valence-electron chi connectivity index (χ0n) is 12.6. The van der Waals surface area contributed by atoms with Crippen molar-refractivity contribution in [2.75, 3.05) is 25.5 Å². The van der Waals surface area contributed by atoms with Gasteiger partial charge in [-0.1, -0.05) is 18.2 Å². The van der Waals surface area contributed by atoms with E-state index in [-0.39, 0.29) is 23.8 Å². The highest BCUT2D eigenvalue weighted by Gasteiger charge is 2.33. The van der Waals surface area contributed by atoms with Gasteiger partial charge in [0, 0.05) is 18.5 Å². The van der Waals surface area contributed by atoms with Gasteiger partial charge in [0.1, 0.15) is 0 Å². The van der Waals surface area contributed by atoms with E-state index >= 15 is 0 Å². The summed E-state index contributed by atoms with van der Waals surface area (Å²) in [6.07, 6.45) is 1.57. The van der Waals surface area contributed by atoms with Crippen molar-refractivity contribution in [1.82, 2.24) is 0 Å². The number of methoxy groups -OCH3 is 1. The van der Waals surface area contributed by atoms with Crippen LogP contribution in [0.2, 0.25) is 0 Å². The van der Waals surface area contributed by atoms with E-state index < -0.39 is 0 Å². The largest absolute Gasteiger partial charge is 0.469 e. The number of ether oxygens (including phenoxy) is 1. The Hall–Kier alpha value is -1.88. The summed E-state index contributed by atoms with van der Waals surface area (Å²) in [7, 11) is 1.43. The molecular formula is C16H23N2O3+. The Morgan fingerprint density at radius 2 is 1.86 bits per heavy atom. The second-order valence-electron chi connectivity index (χ2n) is 5.53. The number of para-hydroxylation sites is 1. The highest BCUT2D eigenvalue weighted by Crippen LogP contribution is 2.11. The topological polar surface area (TPSA) is 59.8 Å². The number of carbonyl (C=O) groups excluding carboxylic acids is 2. The maximum absolute atomic E-state index is 12.3. The first-order chi connectivity index (χ1) is 10.1. The molecule has 114 valence electrons. The van der Waals surface area contributed by atoms with Gasteiger partial charge in [-0.25, -0.2) is 0 Å². The first-order valence-electron chi connectivity index (χ1n) is 7.40. The molecule has 0 aliphatic carbocycles. The maximum atomic E-state index is 12.3. The van der Waals surface area contributed by atoms with Crippen LogP contribution in [0, 0.1) is 5.92 Å². The lowest BCUT2D eigenvalue weighted by molar-refractivity contribution is -0.919. The highest BCUT2D eigenvalue weighted by molar-refractivity contribution is 5.93. The van der Waals surface area contributed by atoms with Gasteiger partial charge in [0.15, 0.2) is 6.04 Å². The van der Waals surface area contributed by atoms with Crippen LogP contribution in [0.1, 0.15) is 19.8 Å². The number of nitrogens with one attached hydrogen (secondary N) is 2. The average Bonchev–Trinajstić information content (AvgIpc) is 2.54. The molecule has 1 aliphatic rings. The Bertz CT molecular complexity index is 482. The molecular weight excluding hydrogens is 268 g/mol. The average molecular weight is 291 g/mol. The molecule has 2 rings (SSSR count). The molecule has 1 aromatic rings. The Morgan fingerprint density at radius 1 is 1.24 bits per heavy atom. The maximum Gasteiger partial charge on any atom is 0.309 e. The van der Waals surface area contributed by atoms with Crippen LogP contribution in [0.15, 0.2) is 30.3 Å². The molecule has 1 fully saturated rings. The van der Waals surface area contributed by atoms with Gasteiger partial charge in [0.05, 0.1) is 26.1 Å². The molecule has 0 radical (unpaired) electrons. The zero-order valence-corrected chi connectivity index (χ0v) is 12.6. The van der Waals surface area contributed by atoms with Crippen LogP contribution in [0.4, 0.5) is 5.69 Å². The summed E-state index contributed by atoms with van der Waals surface area (Å²) in [4.78, 5) is 25.0. The molecule has 1 atom stereocenters. The molecule has 1 heterocycles. The van der Waals surface area contributed by atoms with E-state index in [0.29, 0.717) is 0 Å². The first kappa shape index (κ1) is 15.5. The first-order valence-corrected chi connectivity index (χ1v) is 7.40. The minimum absolute atomic E-state index is 0.0110. The standard InChI is InChI=1S/C16H22N2O3/c1-12(15(19)17-14-6-4-3-5-7-14)18-10-8-13(9-11-18)16(20)21-2/h3-7,12-13H,8-11H2,1-2H3,(H,17,19)/p+1/t12-/m0/s1. The smallest absolute Gasteiger partial charge is 0.309 e. The normalized spacial score (nSPS) is 23.1. The molecule has 0 unspecified atom stereocenters. The van der Waals surface area contributed by atoms with E-state index in [9.17, 15) is 9.59 Å². The fraction of sp³-hybridized carbons (Fsp3) is 0.500. The second kappa shape index (κ2) is 7.22. The minimum Gasteiger partial charge on any atom is -0.469 e. The summed E-state index contributed by atoms with van der Waals surface area (Å²) in [6.45, 7) is 3.58. The van der Waals surface area contributed by atoms with Gasteiger partial charge in [-0.05, 0) is 19.1 Å². The molecule has 1 aliphatic heterocycles. The summed E-state index contributed by atoms with van der Waals surface area (Å²) in [6, 6.07) is 9.35. The van der Waals surface area contributed by atoms with Gasteiger partial charge in [-0.15, -0.1) is 0 Å². The number of carbonyl (C=O) groups is 2. The summed E-state index contributed by atoms with van der Waals surface area (Å²) in [5.41, 5.74) is 0.818. The van der Waals surface area contributed by atoms with E-state index in [1.165, 1.54) is 12.0 Å². The van der Waals surface area contributed by atoms with Crippen molar-refractivity contribution < 1.29 is 19.2 Å². The van der Waals surface area contributed by atoms with Gasteiger partial charge in [-0.2, -0.15) is 0 Å². The second-order valence-corrected chi connectivity index (χ2v) is 5.53. The summed E-state index contributed by atoms with van der Waals surface area (Å²) >= 11 is 0. The van der Waals surface area contributed by atoms with Crippen LogP contribution < -0.4 is 10.2 Å². The van der Waals surface area contributed by atoms with E-state index in [2.05, 4.69) is 5.32 Å². The molecule has 2 N–H and O–H groups in total. The van der Waals surface area contributed by atoms with Crippen LogP contribution in [0.25, 0.3) is 0 Å². The summed E-state index contributed by atoms with van der Waals surface area (Å²) < 4.78 is 4.78. The fourth-order valence-corrected chi connectivity index (χ4v) is 2.78. The SMILES string of the molecule is COC(=O)C1CC[NH+]([C@@H](C)C(=O)Nc2ccccc2)CC1. The molecule has 1 aromatic carbocycles. The number of rotatable bonds is 4. The number of piperidine rings is 1. The summed E-state index contributed by atoms with van der Waals surface area (Å²) in [5.74, 6) is -0.119. The molecule has 1 saturated heterocycles.